The molecule has 0 saturated carbocycles. The second kappa shape index (κ2) is 8.86. The molecule has 1 saturated heterocycles. The number of benzene rings is 2. The Balaban J connectivity index is 1.48. The molecule has 0 spiro atoms. The topological polar surface area (TPSA) is 21.7 Å². The Bertz CT molecular complexity index is 621. The van der Waals surface area contributed by atoms with Crippen LogP contribution in [0.25, 0.3) is 11.1 Å². The van der Waals surface area contributed by atoms with E-state index in [4.69, 9.17) is 9.47 Å². The van der Waals surface area contributed by atoms with Gasteiger partial charge in [-0.2, -0.15) is 0 Å². The number of unbranched alkanes of at least 4 members (excludes halogenated alkanes) is 1. The van der Waals surface area contributed by atoms with Gasteiger partial charge in [-0.3, -0.25) is 4.90 Å². The van der Waals surface area contributed by atoms with Gasteiger partial charge in [0, 0.05) is 13.1 Å². The maximum absolute atomic E-state index is 6.05. The molecule has 0 atom stereocenters. The SMILES string of the molecule is Cc1ccc(-c2ccccc2)cc1OCCCCN1CCOCC1. The molecular weight excluding hydrogens is 298 g/mol. The van der Waals surface area contributed by atoms with Gasteiger partial charge in [0.2, 0.25) is 0 Å². The zero-order valence-electron chi connectivity index (χ0n) is 14.5. The molecule has 0 radical (unpaired) electrons. The number of hydrogen-bond donors (Lipinski definition) is 0. The first kappa shape index (κ1) is 17.0. The highest BCUT2D eigenvalue weighted by molar-refractivity contribution is 5.65. The van der Waals surface area contributed by atoms with Crippen molar-refractivity contribution >= 4 is 0 Å². The van der Waals surface area contributed by atoms with E-state index in [9.17, 15) is 0 Å². The van der Waals surface area contributed by atoms with Crippen molar-refractivity contribution in [2.45, 2.75) is 19.8 Å². The van der Waals surface area contributed by atoms with Crippen LogP contribution >= 0.6 is 0 Å². The molecule has 128 valence electrons. The predicted octanol–water partition coefficient (Wildman–Crippen LogP) is 4.15. The van der Waals surface area contributed by atoms with Crippen LogP contribution in [-0.4, -0.2) is 44.4 Å². The van der Waals surface area contributed by atoms with Crippen molar-refractivity contribution in [1.29, 1.82) is 0 Å². The van der Waals surface area contributed by atoms with Crippen LogP contribution in [-0.2, 0) is 4.74 Å². The molecule has 0 unspecified atom stereocenters. The third-order valence-corrected chi connectivity index (χ3v) is 4.53. The van der Waals surface area contributed by atoms with E-state index in [0.717, 1.165) is 51.6 Å². The summed E-state index contributed by atoms with van der Waals surface area (Å²) in [6.07, 6.45) is 2.27. The zero-order chi connectivity index (χ0) is 16.6. The Labute approximate surface area is 145 Å². The van der Waals surface area contributed by atoms with E-state index in [0.29, 0.717) is 0 Å². The predicted molar refractivity (Wildman–Crippen MR) is 98.6 cm³/mol. The lowest BCUT2D eigenvalue weighted by Crippen LogP contribution is -2.36. The zero-order valence-corrected chi connectivity index (χ0v) is 14.5. The highest BCUT2D eigenvalue weighted by Crippen LogP contribution is 2.27. The van der Waals surface area contributed by atoms with Gasteiger partial charge in [0.1, 0.15) is 5.75 Å². The Kier molecular flexibility index (Phi) is 6.27. The van der Waals surface area contributed by atoms with Crippen LogP contribution < -0.4 is 4.74 Å². The molecule has 0 aliphatic carbocycles. The second-order valence-corrected chi connectivity index (χ2v) is 6.36. The van der Waals surface area contributed by atoms with E-state index in [2.05, 4.69) is 54.3 Å². The molecule has 0 bridgehead atoms. The standard InChI is InChI=1S/C21H27NO2/c1-18-9-10-20(19-7-3-2-4-8-19)17-21(18)24-14-6-5-11-22-12-15-23-16-13-22/h2-4,7-10,17H,5-6,11-16H2,1H3. The van der Waals surface area contributed by atoms with Gasteiger partial charge in [0.05, 0.1) is 19.8 Å². The van der Waals surface area contributed by atoms with Gasteiger partial charge in [0.25, 0.3) is 0 Å². The third kappa shape index (κ3) is 4.83. The number of nitrogens with zero attached hydrogens (tertiary/aromatic N) is 1. The fourth-order valence-electron chi connectivity index (χ4n) is 3.01. The third-order valence-electron chi connectivity index (χ3n) is 4.53. The Hall–Kier alpha value is -1.84. The summed E-state index contributed by atoms with van der Waals surface area (Å²) in [7, 11) is 0. The molecule has 1 aliphatic heterocycles. The highest BCUT2D eigenvalue weighted by Gasteiger charge is 2.09. The van der Waals surface area contributed by atoms with E-state index in [1.54, 1.807) is 0 Å². The van der Waals surface area contributed by atoms with Gasteiger partial charge < -0.3 is 9.47 Å². The molecule has 0 N–H and O–H groups in total. The molecule has 2 aromatic rings. The van der Waals surface area contributed by atoms with Crippen LogP contribution in [0.2, 0.25) is 0 Å². The molecule has 3 nitrogen and oxygen atoms in total. The summed E-state index contributed by atoms with van der Waals surface area (Å²) < 4.78 is 11.4. The van der Waals surface area contributed by atoms with Crippen molar-refractivity contribution in [3.63, 3.8) is 0 Å². The van der Waals surface area contributed by atoms with Gasteiger partial charge in [0.15, 0.2) is 0 Å². The Morgan fingerprint density at radius 3 is 2.54 bits per heavy atom. The molecular formula is C21H27NO2. The van der Waals surface area contributed by atoms with E-state index >= 15 is 0 Å². The van der Waals surface area contributed by atoms with Gasteiger partial charge in [-0.25, -0.2) is 0 Å². The molecule has 24 heavy (non-hydrogen) atoms. The van der Waals surface area contributed by atoms with Crippen molar-refractivity contribution in [3.05, 3.63) is 54.1 Å². The molecule has 3 rings (SSSR count). The highest BCUT2D eigenvalue weighted by atomic mass is 16.5. The maximum Gasteiger partial charge on any atom is 0.122 e. The summed E-state index contributed by atoms with van der Waals surface area (Å²) in [6, 6.07) is 16.9. The lowest BCUT2D eigenvalue weighted by Gasteiger charge is -2.26. The van der Waals surface area contributed by atoms with E-state index in [1.807, 2.05) is 6.07 Å². The fraction of sp³-hybridized carbons (Fsp3) is 0.429. The second-order valence-electron chi connectivity index (χ2n) is 6.36. The Morgan fingerprint density at radius 2 is 1.75 bits per heavy atom. The molecule has 1 fully saturated rings. The first-order chi connectivity index (χ1) is 11.8. The number of morpholine rings is 1. The average molecular weight is 325 g/mol. The van der Waals surface area contributed by atoms with Crippen molar-refractivity contribution < 1.29 is 9.47 Å². The van der Waals surface area contributed by atoms with E-state index in [1.165, 1.54) is 23.1 Å². The van der Waals surface area contributed by atoms with Crippen molar-refractivity contribution in [2.24, 2.45) is 0 Å². The van der Waals surface area contributed by atoms with Gasteiger partial charge in [-0.15, -0.1) is 0 Å². The number of rotatable bonds is 7. The van der Waals surface area contributed by atoms with Crippen LogP contribution in [0.4, 0.5) is 0 Å². The minimum atomic E-state index is 0.781. The number of ether oxygens (including phenoxy) is 2. The summed E-state index contributed by atoms with van der Waals surface area (Å²) in [5, 5.41) is 0. The van der Waals surface area contributed by atoms with Crippen LogP contribution in [0.1, 0.15) is 18.4 Å². The molecule has 1 heterocycles. The van der Waals surface area contributed by atoms with Gasteiger partial charge in [-0.05, 0) is 49.1 Å². The van der Waals surface area contributed by atoms with Crippen molar-refractivity contribution in [2.75, 3.05) is 39.5 Å². The summed E-state index contributed by atoms with van der Waals surface area (Å²) in [5.41, 5.74) is 3.64. The van der Waals surface area contributed by atoms with Crippen LogP contribution in [0, 0.1) is 6.92 Å². The number of hydrogen-bond acceptors (Lipinski definition) is 3. The molecule has 3 heteroatoms. The van der Waals surface area contributed by atoms with Crippen LogP contribution in [0.3, 0.4) is 0 Å². The number of aryl methyl sites for hydroxylation is 1. The minimum Gasteiger partial charge on any atom is -0.493 e. The maximum atomic E-state index is 6.05. The molecule has 2 aromatic carbocycles. The summed E-state index contributed by atoms with van der Waals surface area (Å²) >= 11 is 0. The molecule has 1 aliphatic rings. The van der Waals surface area contributed by atoms with E-state index < -0.39 is 0 Å². The molecule has 0 amide bonds. The average Bonchev–Trinajstić information content (AvgIpc) is 2.64. The normalized spacial score (nSPS) is 15.4. The smallest absolute Gasteiger partial charge is 0.122 e. The van der Waals surface area contributed by atoms with E-state index in [-0.39, 0.29) is 0 Å². The van der Waals surface area contributed by atoms with Gasteiger partial charge >= 0.3 is 0 Å². The van der Waals surface area contributed by atoms with Gasteiger partial charge in [-0.1, -0.05) is 42.5 Å². The lowest BCUT2D eigenvalue weighted by molar-refractivity contribution is 0.0368. The summed E-state index contributed by atoms with van der Waals surface area (Å²) in [5.74, 6) is 1.00. The first-order valence-corrected chi connectivity index (χ1v) is 8.92. The first-order valence-electron chi connectivity index (χ1n) is 8.92. The van der Waals surface area contributed by atoms with Crippen LogP contribution in [0.5, 0.6) is 5.75 Å². The fourth-order valence-corrected chi connectivity index (χ4v) is 3.01. The minimum absolute atomic E-state index is 0.781. The lowest BCUT2D eigenvalue weighted by atomic mass is 10.0. The van der Waals surface area contributed by atoms with Crippen molar-refractivity contribution in [1.82, 2.24) is 4.90 Å². The quantitative estimate of drug-likeness (QED) is 0.714. The van der Waals surface area contributed by atoms with Crippen molar-refractivity contribution in [3.8, 4) is 16.9 Å². The monoisotopic (exact) mass is 325 g/mol. The Morgan fingerprint density at radius 1 is 0.958 bits per heavy atom. The summed E-state index contributed by atoms with van der Waals surface area (Å²) in [4.78, 5) is 2.48. The largest absolute Gasteiger partial charge is 0.493 e. The summed E-state index contributed by atoms with van der Waals surface area (Å²) in [6.45, 7) is 7.93. The molecule has 0 aromatic heterocycles. The van der Waals surface area contributed by atoms with Crippen LogP contribution in [0.15, 0.2) is 48.5 Å².